The number of methoxy groups -OCH3 is 2. The second-order valence-electron chi connectivity index (χ2n) is 9.65. The van der Waals surface area contributed by atoms with Crippen LogP contribution in [-0.2, 0) is 29.0 Å². The SMILES string of the molecule is COc1ccc(CCN(Cc2ccc(C)o2)C(=O)CN(CC2CC2)C(=O)Cc2ccccc2)cc1OC. The average Bonchev–Trinajstić information content (AvgIpc) is 3.64. The molecule has 0 aliphatic heterocycles. The molecular weight excluding hydrogens is 468 g/mol. The van der Waals surface area contributed by atoms with Crippen LogP contribution in [0.4, 0.5) is 0 Å². The highest BCUT2D eigenvalue weighted by molar-refractivity contribution is 5.86. The first-order valence-corrected chi connectivity index (χ1v) is 12.8. The molecule has 37 heavy (non-hydrogen) atoms. The number of nitrogens with zero attached hydrogens (tertiary/aromatic N) is 2. The number of benzene rings is 2. The van der Waals surface area contributed by atoms with Crippen molar-refractivity contribution in [3.8, 4) is 11.5 Å². The number of amides is 2. The van der Waals surface area contributed by atoms with Gasteiger partial charge in [-0.2, -0.15) is 0 Å². The van der Waals surface area contributed by atoms with Crippen LogP contribution in [0.25, 0.3) is 0 Å². The molecule has 0 atom stereocenters. The van der Waals surface area contributed by atoms with Crippen molar-refractivity contribution in [2.24, 2.45) is 5.92 Å². The average molecular weight is 505 g/mol. The standard InChI is InChI=1S/C30H36N2O5/c1-22-9-13-26(37-22)20-31(16-15-24-12-14-27(35-2)28(17-24)36-3)30(34)21-32(19-25-10-11-25)29(33)18-23-7-5-4-6-8-23/h4-9,12-14,17,25H,10-11,15-16,18-21H2,1-3H3. The van der Waals surface area contributed by atoms with Crippen molar-refractivity contribution in [3.05, 3.63) is 83.3 Å². The van der Waals surface area contributed by atoms with Crippen LogP contribution >= 0.6 is 0 Å². The molecule has 0 N–H and O–H groups in total. The molecule has 0 radical (unpaired) electrons. The van der Waals surface area contributed by atoms with Gasteiger partial charge in [0.15, 0.2) is 11.5 Å². The second-order valence-corrected chi connectivity index (χ2v) is 9.65. The van der Waals surface area contributed by atoms with Gasteiger partial charge in [0.2, 0.25) is 11.8 Å². The summed E-state index contributed by atoms with van der Waals surface area (Å²) in [6.07, 6.45) is 3.15. The lowest BCUT2D eigenvalue weighted by Crippen LogP contribution is -2.44. The van der Waals surface area contributed by atoms with Gasteiger partial charge >= 0.3 is 0 Å². The maximum Gasteiger partial charge on any atom is 0.242 e. The molecule has 1 heterocycles. The predicted octanol–water partition coefficient (Wildman–Crippen LogP) is 4.66. The summed E-state index contributed by atoms with van der Waals surface area (Å²) in [5.41, 5.74) is 1.98. The molecule has 0 spiro atoms. The number of furan rings is 1. The zero-order valence-electron chi connectivity index (χ0n) is 21.9. The lowest BCUT2D eigenvalue weighted by Gasteiger charge is -2.27. The number of carbonyl (C=O) groups excluding carboxylic acids is 2. The van der Waals surface area contributed by atoms with Gasteiger partial charge < -0.3 is 23.7 Å². The first-order chi connectivity index (χ1) is 17.9. The Morgan fingerprint density at radius 3 is 2.30 bits per heavy atom. The summed E-state index contributed by atoms with van der Waals surface area (Å²) < 4.78 is 16.6. The lowest BCUT2D eigenvalue weighted by molar-refractivity contribution is -0.140. The van der Waals surface area contributed by atoms with Crippen molar-refractivity contribution in [1.29, 1.82) is 0 Å². The minimum absolute atomic E-state index is 0.0138. The summed E-state index contributed by atoms with van der Waals surface area (Å²) in [6.45, 7) is 3.41. The topological polar surface area (TPSA) is 72.2 Å². The number of aryl methyl sites for hydroxylation is 1. The summed E-state index contributed by atoms with van der Waals surface area (Å²) >= 11 is 0. The monoisotopic (exact) mass is 504 g/mol. The summed E-state index contributed by atoms with van der Waals surface area (Å²) in [4.78, 5) is 30.4. The third kappa shape index (κ3) is 7.62. The Kier molecular flexibility index (Phi) is 8.88. The quantitative estimate of drug-likeness (QED) is 0.339. The van der Waals surface area contributed by atoms with Crippen molar-refractivity contribution in [1.82, 2.24) is 9.80 Å². The van der Waals surface area contributed by atoms with Crippen molar-refractivity contribution in [2.45, 2.75) is 39.2 Å². The number of ether oxygens (including phenoxy) is 2. The van der Waals surface area contributed by atoms with Crippen LogP contribution in [0, 0.1) is 12.8 Å². The molecule has 0 bridgehead atoms. The molecule has 1 fully saturated rings. The van der Waals surface area contributed by atoms with Crippen molar-refractivity contribution in [2.75, 3.05) is 33.9 Å². The van der Waals surface area contributed by atoms with Crippen molar-refractivity contribution < 1.29 is 23.5 Å². The molecular formula is C30H36N2O5. The number of hydrogen-bond donors (Lipinski definition) is 0. The van der Waals surface area contributed by atoms with E-state index >= 15 is 0 Å². The van der Waals surface area contributed by atoms with Crippen LogP contribution in [0.2, 0.25) is 0 Å². The van der Waals surface area contributed by atoms with Crippen molar-refractivity contribution in [3.63, 3.8) is 0 Å². The Hall–Kier alpha value is -3.74. The maximum absolute atomic E-state index is 13.6. The lowest BCUT2D eigenvalue weighted by atomic mass is 10.1. The zero-order chi connectivity index (χ0) is 26.2. The van der Waals surface area contributed by atoms with Crippen molar-refractivity contribution >= 4 is 11.8 Å². The summed E-state index contributed by atoms with van der Waals surface area (Å²) in [5, 5.41) is 0. The van der Waals surface area contributed by atoms with Gasteiger partial charge in [-0.05, 0) is 67.5 Å². The minimum Gasteiger partial charge on any atom is -0.493 e. The van der Waals surface area contributed by atoms with E-state index in [1.165, 1.54) is 0 Å². The molecule has 7 nitrogen and oxygen atoms in total. The Labute approximate surface area is 219 Å². The second kappa shape index (κ2) is 12.5. The molecule has 7 heteroatoms. The van der Waals surface area contributed by atoms with Gasteiger partial charge in [-0.1, -0.05) is 36.4 Å². The largest absolute Gasteiger partial charge is 0.493 e. The van der Waals surface area contributed by atoms with Crippen LogP contribution in [0.1, 0.15) is 35.5 Å². The Morgan fingerprint density at radius 1 is 0.892 bits per heavy atom. The van der Waals surface area contributed by atoms with Gasteiger partial charge in [-0.3, -0.25) is 9.59 Å². The van der Waals surface area contributed by atoms with Crippen LogP contribution in [0.5, 0.6) is 11.5 Å². The first kappa shape index (κ1) is 26.3. The highest BCUT2D eigenvalue weighted by Gasteiger charge is 2.29. The molecule has 0 saturated heterocycles. The molecule has 0 unspecified atom stereocenters. The fraction of sp³-hybridized carbons (Fsp3) is 0.400. The van der Waals surface area contributed by atoms with Crippen LogP contribution in [-0.4, -0.2) is 55.5 Å². The minimum atomic E-state index is -0.0865. The van der Waals surface area contributed by atoms with Gasteiger partial charge in [0.1, 0.15) is 11.5 Å². The van der Waals surface area contributed by atoms with E-state index in [-0.39, 0.29) is 18.4 Å². The van der Waals surface area contributed by atoms with Gasteiger partial charge in [0.25, 0.3) is 0 Å². The molecule has 196 valence electrons. The normalized spacial score (nSPS) is 12.7. The van der Waals surface area contributed by atoms with Gasteiger partial charge in [-0.15, -0.1) is 0 Å². The van der Waals surface area contributed by atoms with Gasteiger partial charge in [-0.25, -0.2) is 0 Å². The van der Waals surface area contributed by atoms with E-state index < -0.39 is 0 Å². The van der Waals surface area contributed by atoms with Crippen LogP contribution in [0.15, 0.2) is 65.1 Å². The number of carbonyl (C=O) groups is 2. The van der Waals surface area contributed by atoms with Gasteiger partial charge in [0.05, 0.1) is 33.7 Å². The van der Waals surface area contributed by atoms with E-state index in [9.17, 15) is 9.59 Å². The molecule has 2 amide bonds. The zero-order valence-corrected chi connectivity index (χ0v) is 21.9. The number of rotatable bonds is 13. The van der Waals surface area contributed by atoms with Crippen LogP contribution < -0.4 is 9.47 Å². The Morgan fingerprint density at radius 2 is 1.65 bits per heavy atom. The van der Waals surface area contributed by atoms with E-state index in [0.717, 1.165) is 35.5 Å². The molecule has 1 aliphatic rings. The summed E-state index contributed by atoms with van der Waals surface area (Å²) in [5.74, 6) is 3.23. The van der Waals surface area contributed by atoms with E-state index in [1.54, 1.807) is 24.0 Å². The van der Waals surface area contributed by atoms with E-state index in [1.807, 2.05) is 67.6 Å². The van der Waals surface area contributed by atoms with Crippen LogP contribution in [0.3, 0.4) is 0 Å². The predicted molar refractivity (Wildman–Crippen MR) is 142 cm³/mol. The van der Waals surface area contributed by atoms with E-state index in [0.29, 0.717) is 49.9 Å². The maximum atomic E-state index is 13.6. The summed E-state index contributed by atoms with van der Waals surface area (Å²) in [6, 6.07) is 19.3. The third-order valence-corrected chi connectivity index (χ3v) is 6.67. The van der Waals surface area contributed by atoms with Gasteiger partial charge in [0, 0.05) is 13.1 Å². The van der Waals surface area contributed by atoms with E-state index in [2.05, 4.69) is 0 Å². The Balaban J connectivity index is 1.47. The Bertz CT molecular complexity index is 1190. The molecule has 1 aromatic heterocycles. The highest BCUT2D eigenvalue weighted by atomic mass is 16.5. The first-order valence-electron chi connectivity index (χ1n) is 12.8. The molecule has 2 aromatic carbocycles. The molecule has 3 aromatic rings. The summed E-state index contributed by atoms with van der Waals surface area (Å²) in [7, 11) is 3.22. The third-order valence-electron chi connectivity index (χ3n) is 6.67. The molecule has 1 saturated carbocycles. The molecule has 4 rings (SSSR count). The fourth-order valence-corrected chi connectivity index (χ4v) is 4.36. The number of hydrogen-bond acceptors (Lipinski definition) is 5. The molecule has 1 aliphatic carbocycles. The fourth-order valence-electron chi connectivity index (χ4n) is 4.36. The van der Waals surface area contributed by atoms with E-state index in [4.69, 9.17) is 13.9 Å². The smallest absolute Gasteiger partial charge is 0.242 e. The highest BCUT2D eigenvalue weighted by Crippen LogP contribution is 2.30.